The van der Waals surface area contributed by atoms with E-state index in [4.69, 9.17) is 4.42 Å². The summed E-state index contributed by atoms with van der Waals surface area (Å²) in [6, 6.07) is 30.4. The van der Waals surface area contributed by atoms with Gasteiger partial charge in [0.1, 0.15) is 58.7 Å². The van der Waals surface area contributed by atoms with E-state index < -0.39 is 0 Å². The van der Waals surface area contributed by atoms with Gasteiger partial charge in [-0.05, 0) is 48.5 Å². The van der Waals surface area contributed by atoms with Crippen molar-refractivity contribution in [3.05, 3.63) is 134 Å². The molecule has 0 saturated carbocycles. The maximum atomic E-state index is 10.4. The first-order valence-electron chi connectivity index (χ1n) is 14.8. The molecule has 2 aliphatic rings. The van der Waals surface area contributed by atoms with E-state index in [9.17, 15) is 31.6 Å². The SMILES string of the molecule is N#CC(=C1N=c2cc(C#N)c(C#N)cc2=N1)c1nc(C(C#N)=C2N=c3cc(C#N)c(C#N)cc3=N2)nc(-c2ccc3oc4ccccc4c3c2)n1. The van der Waals surface area contributed by atoms with E-state index in [2.05, 4.69) is 47.1 Å². The second kappa shape index (κ2) is 11.5. The van der Waals surface area contributed by atoms with Gasteiger partial charge in [0.15, 0.2) is 29.1 Å². The van der Waals surface area contributed by atoms with Crippen LogP contribution in [0.2, 0.25) is 0 Å². The monoisotopic (exact) mass is 653 g/mol. The van der Waals surface area contributed by atoms with E-state index in [0.717, 1.165) is 10.8 Å². The highest BCUT2D eigenvalue weighted by Crippen LogP contribution is 2.32. The van der Waals surface area contributed by atoms with Gasteiger partial charge in [-0.15, -0.1) is 0 Å². The van der Waals surface area contributed by atoms with E-state index in [1.165, 1.54) is 24.3 Å². The first-order chi connectivity index (χ1) is 24.9. The van der Waals surface area contributed by atoms with Gasteiger partial charge < -0.3 is 4.42 Å². The quantitative estimate of drug-likeness (QED) is 0.252. The highest BCUT2D eigenvalue weighted by Gasteiger charge is 2.23. The van der Waals surface area contributed by atoms with E-state index in [1.54, 1.807) is 12.1 Å². The van der Waals surface area contributed by atoms with E-state index in [-0.39, 0.29) is 83.9 Å². The molecule has 230 valence electrons. The van der Waals surface area contributed by atoms with Crippen LogP contribution in [0.1, 0.15) is 33.9 Å². The van der Waals surface area contributed by atoms with Crippen molar-refractivity contribution in [1.29, 1.82) is 31.6 Å². The lowest BCUT2D eigenvalue weighted by molar-refractivity contribution is 0.669. The molecule has 0 amide bonds. The Kier molecular flexibility index (Phi) is 6.71. The van der Waals surface area contributed by atoms with E-state index >= 15 is 0 Å². The van der Waals surface area contributed by atoms with Gasteiger partial charge in [0.25, 0.3) is 0 Å². The maximum Gasteiger partial charge on any atom is 0.178 e. The van der Waals surface area contributed by atoms with Crippen molar-refractivity contribution in [2.24, 2.45) is 20.0 Å². The van der Waals surface area contributed by atoms with Crippen LogP contribution in [0.3, 0.4) is 0 Å². The number of aromatic nitrogens is 3. The molecule has 0 bridgehead atoms. The number of hydrogen-bond acceptors (Lipinski definition) is 14. The Morgan fingerprint density at radius 2 is 0.941 bits per heavy atom. The number of benzene rings is 4. The summed E-state index contributed by atoms with van der Waals surface area (Å²) in [5.74, 6) is -0.408. The second-order valence-electron chi connectivity index (χ2n) is 10.9. The molecule has 14 heteroatoms. The third-order valence-electron chi connectivity index (χ3n) is 8.01. The van der Waals surface area contributed by atoms with Crippen LogP contribution in [0.4, 0.5) is 0 Å². The number of fused-ring (bicyclic) bond motifs is 5. The molecule has 4 aromatic carbocycles. The summed E-state index contributed by atoms with van der Waals surface area (Å²) < 4.78 is 5.98. The maximum absolute atomic E-state index is 10.4. The van der Waals surface area contributed by atoms with E-state index in [0.29, 0.717) is 16.7 Å². The van der Waals surface area contributed by atoms with Crippen LogP contribution in [0.15, 0.2) is 103 Å². The lowest BCUT2D eigenvalue weighted by atomic mass is 10.1. The Balaban J connectivity index is 1.38. The molecule has 14 nitrogen and oxygen atoms in total. The first-order valence-corrected chi connectivity index (χ1v) is 14.8. The minimum absolute atomic E-state index is 0.0762. The molecular weight excluding hydrogens is 642 g/mol. The summed E-state index contributed by atoms with van der Waals surface area (Å²) in [4.78, 5) is 31.5. The number of nitriles is 6. The smallest absolute Gasteiger partial charge is 0.178 e. The van der Waals surface area contributed by atoms with Gasteiger partial charge in [-0.1, -0.05) is 18.2 Å². The highest BCUT2D eigenvalue weighted by atomic mass is 16.3. The minimum Gasteiger partial charge on any atom is -0.456 e. The normalized spacial score (nSPS) is 12.0. The summed E-state index contributed by atoms with van der Waals surface area (Å²) in [5, 5.41) is 61.5. The number of allylic oxidation sites excluding steroid dienone is 2. The summed E-state index contributed by atoms with van der Waals surface area (Å²) in [6.45, 7) is 0. The van der Waals surface area contributed by atoms with Crippen LogP contribution >= 0.6 is 0 Å². The zero-order chi connectivity index (χ0) is 35.2. The number of nitrogens with zero attached hydrogens (tertiary/aromatic N) is 13. The number of furan rings is 1. The molecule has 0 spiro atoms. The molecule has 0 unspecified atom stereocenters. The Labute approximate surface area is 285 Å². The fourth-order valence-electron chi connectivity index (χ4n) is 5.61. The average Bonchev–Trinajstić information content (AvgIpc) is 3.88. The molecule has 0 N–H and O–H groups in total. The third kappa shape index (κ3) is 4.80. The summed E-state index contributed by atoms with van der Waals surface area (Å²) >= 11 is 0. The zero-order valence-corrected chi connectivity index (χ0v) is 25.6. The van der Waals surface area contributed by atoms with Crippen LogP contribution in [0.25, 0.3) is 44.5 Å². The second-order valence-corrected chi connectivity index (χ2v) is 10.9. The molecule has 8 rings (SSSR count). The molecule has 4 heterocycles. The van der Waals surface area contributed by atoms with Crippen molar-refractivity contribution in [1.82, 2.24) is 15.0 Å². The van der Waals surface area contributed by atoms with Gasteiger partial charge in [0.2, 0.25) is 0 Å². The van der Waals surface area contributed by atoms with Gasteiger partial charge in [0.05, 0.1) is 43.7 Å². The predicted molar refractivity (Wildman–Crippen MR) is 174 cm³/mol. The molecule has 0 saturated heterocycles. The van der Waals surface area contributed by atoms with Crippen LogP contribution in [-0.2, 0) is 0 Å². The molecular formula is C37H11N13O. The van der Waals surface area contributed by atoms with Crippen molar-refractivity contribution in [2.45, 2.75) is 0 Å². The highest BCUT2D eigenvalue weighted by molar-refractivity contribution is 6.06. The molecule has 6 aromatic rings. The Hall–Kier alpha value is -8.69. The summed E-state index contributed by atoms with van der Waals surface area (Å²) in [5.41, 5.74) is 1.85. The number of para-hydroxylation sites is 1. The molecule has 51 heavy (non-hydrogen) atoms. The fourth-order valence-corrected chi connectivity index (χ4v) is 5.61. The largest absolute Gasteiger partial charge is 0.456 e. The lowest BCUT2D eigenvalue weighted by Crippen LogP contribution is -2.22. The molecule has 2 aliphatic heterocycles. The van der Waals surface area contributed by atoms with E-state index in [1.807, 2.05) is 54.6 Å². The Morgan fingerprint density at radius 1 is 0.490 bits per heavy atom. The molecule has 0 atom stereocenters. The van der Waals surface area contributed by atoms with Gasteiger partial charge >= 0.3 is 0 Å². The van der Waals surface area contributed by atoms with Crippen LogP contribution in [0, 0.1) is 68.0 Å². The zero-order valence-electron chi connectivity index (χ0n) is 25.6. The van der Waals surface area contributed by atoms with Crippen molar-refractivity contribution in [3.8, 4) is 47.8 Å². The van der Waals surface area contributed by atoms with Crippen LogP contribution in [0.5, 0.6) is 0 Å². The van der Waals surface area contributed by atoms with Crippen molar-refractivity contribution in [2.75, 3.05) is 0 Å². The fraction of sp³-hybridized carbons (Fsp3) is 0. The molecule has 0 fully saturated rings. The van der Waals surface area contributed by atoms with Crippen LogP contribution in [-0.4, -0.2) is 15.0 Å². The summed E-state index contributed by atoms with van der Waals surface area (Å²) in [6.07, 6.45) is 0. The van der Waals surface area contributed by atoms with Gasteiger partial charge in [-0.25, -0.2) is 34.9 Å². The van der Waals surface area contributed by atoms with Crippen molar-refractivity contribution >= 4 is 33.1 Å². The topological polar surface area (TPSA) is 244 Å². The van der Waals surface area contributed by atoms with Gasteiger partial charge in [0, 0.05) is 16.3 Å². The van der Waals surface area contributed by atoms with Crippen molar-refractivity contribution < 1.29 is 4.42 Å². The predicted octanol–water partition coefficient (Wildman–Crippen LogP) is 3.22. The lowest BCUT2D eigenvalue weighted by Gasteiger charge is -2.07. The van der Waals surface area contributed by atoms with Gasteiger partial charge in [-0.2, -0.15) is 31.6 Å². The number of rotatable bonds is 3. The van der Waals surface area contributed by atoms with Crippen molar-refractivity contribution in [3.63, 3.8) is 0 Å². The van der Waals surface area contributed by atoms with Crippen LogP contribution < -0.4 is 21.4 Å². The molecule has 0 radical (unpaired) electrons. The van der Waals surface area contributed by atoms with Gasteiger partial charge in [-0.3, -0.25) is 0 Å². The minimum atomic E-state index is -0.175. The number of hydrogen-bond donors (Lipinski definition) is 0. The average molecular weight is 654 g/mol. The summed E-state index contributed by atoms with van der Waals surface area (Å²) in [7, 11) is 0. The first kappa shape index (κ1) is 29.7. The molecule has 0 aliphatic carbocycles. The third-order valence-corrected chi connectivity index (χ3v) is 8.01. The Morgan fingerprint density at radius 3 is 1.39 bits per heavy atom. The standard InChI is InChI=1S/C37H11N13O/c38-12-19-8-27-28(9-20(19)13-39)45-34(44-27)25(16-42)36-48-33(18-5-6-32-24(7-18)23-3-1-2-4-31(23)51-32)49-37(50-36)26(17-43)35-46-29-10-21(14-40)22(15-41)11-30(29)47-35/h1-11H. The Bertz CT molecular complexity index is 2950. The molecule has 2 aromatic heterocycles.